The first-order valence-electron chi connectivity index (χ1n) is 48.5. The Morgan fingerprint density at radius 2 is 0.676 bits per heavy atom. The maximum Gasteiger partial charge on any atom is 0.373 e. The van der Waals surface area contributed by atoms with Crippen molar-refractivity contribution in [2.45, 2.75) is 428 Å². The summed E-state index contributed by atoms with van der Waals surface area (Å²) in [6, 6.07) is 1.40. The number of carbonyl (C=O) groups excluding carboxylic acids is 15. The zero-order valence-electron chi connectivity index (χ0n) is 88.6. The van der Waals surface area contributed by atoms with E-state index in [1.807, 2.05) is 90.0 Å². The van der Waals surface area contributed by atoms with E-state index in [0.29, 0.717) is 64.1 Å². The maximum absolute atomic E-state index is 12.6. The molecule has 0 aromatic heterocycles. The molecule has 139 heavy (non-hydrogen) atoms. The van der Waals surface area contributed by atoms with Crippen LogP contribution in [0.25, 0.3) is 0 Å². The van der Waals surface area contributed by atoms with Crippen LogP contribution in [0.5, 0.6) is 0 Å². The van der Waals surface area contributed by atoms with Gasteiger partial charge in [-0.05, 0) is 87.4 Å². The van der Waals surface area contributed by atoms with Crippen molar-refractivity contribution in [3.63, 3.8) is 0 Å². The summed E-state index contributed by atoms with van der Waals surface area (Å²) in [6.45, 7) is 67.3. The van der Waals surface area contributed by atoms with E-state index in [9.17, 15) is 43.2 Å². The minimum absolute atomic E-state index is 0.0125. The summed E-state index contributed by atoms with van der Waals surface area (Å²) in [5.41, 5.74) is 0. The van der Waals surface area contributed by atoms with E-state index in [1.54, 1.807) is 13.8 Å². The smallest absolute Gasteiger partial charge is 0.373 e. The second kappa shape index (κ2) is 63.6. The monoisotopic (exact) mass is 2100 g/mol. The number of rotatable bonds is 38. The first-order valence-corrected chi connectivity index (χ1v) is 57.4. The first kappa shape index (κ1) is 133. The molecule has 0 radical (unpaired) electrons. The minimum Gasteiger partial charge on any atom is -0.463 e. The third kappa shape index (κ3) is 47.1. The standard InChI is InChI=1S/C32H59NO9Si.C30H56O8Si.C29H47Cl3N2O9.C3H5ClO.3CO2/c1-13-25(39-24(8)35)20(4)30-28(33-27(36)14-2)19(3)17-32(9,42-30)41-29-21(5)26(18-38-23(7)34)40-31(22(29)6)37-15-16-43(10,11)12;1-13-25(35-24(8)32)20(4)27-19(3)18(2)16-30(9,37-27)38-28-21(5)26(17-34-23(7)31)36-29(22(28)6)33-14-15-39(10,11)12;1-10-20(39-19(8)36)15(4)25-23(34-22(37)11-2)14(3)12-28(9,43-25)42-24-16(5)21(13-38-18(7)35)40-26(17(24)6)41-27(33)29(30,31)32;1-2-3(4)5;3*2-1-3/h19-22,25-26,28-31H,13-18H2,1-12H3,(H,33,36);18-22,25-29H,13-17H2,1-12H3;14-17,20-21,23-26,33H,10-13H2,1-9H3,(H,34,37);2H2,1H3;;;/t19-,20-,21+,22?,25-,26?,28-,29+,30?,31-,32+;18-,19-,20-,21+,22?,25-,26?,27?,28+,29-,30-;14-,15-,16+,17?,20-,21?,23-,24+,25?,26?,28+;;;;/m111..../s1. The van der Waals surface area contributed by atoms with E-state index in [0.717, 1.165) is 24.9 Å². The fraction of sp³-hybridized carbons (Fsp3) is 0.866. The van der Waals surface area contributed by atoms with Crippen molar-refractivity contribution in [3.05, 3.63) is 0 Å². The maximum atomic E-state index is 12.6. The number of esters is 6. The van der Waals surface area contributed by atoms with Crippen LogP contribution in [0.1, 0.15) is 252 Å². The summed E-state index contributed by atoms with van der Waals surface area (Å²) in [5.74, 6) is -7.04. The second-order valence-electron chi connectivity index (χ2n) is 40.4. The number of halogens is 4. The van der Waals surface area contributed by atoms with Crippen LogP contribution < -0.4 is 10.6 Å². The highest BCUT2D eigenvalue weighted by atomic mass is 35.6. The van der Waals surface area contributed by atoms with Crippen molar-refractivity contribution >= 4 is 140 Å². The van der Waals surface area contributed by atoms with Gasteiger partial charge in [0.05, 0.1) is 60.9 Å². The number of amides is 2. The molecule has 6 aliphatic heterocycles. The Balaban J connectivity index is 0.00000192. The van der Waals surface area contributed by atoms with Crippen LogP contribution in [0.4, 0.5) is 0 Å². The van der Waals surface area contributed by atoms with Gasteiger partial charge in [0.1, 0.15) is 44.2 Å². The van der Waals surface area contributed by atoms with E-state index in [4.69, 9.17) is 166 Å². The Kier molecular flexibility index (Phi) is 60.9. The molecule has 0 bridgehead atoms. The third-order valence-electron chi connectivity index (χ3n) is 26.0. The Morgan fingerprint density at radius 3 is 0.921 bits per heavy atom. The molecule has 0 aromatic rings. The number of hydrogen-bond donors (Lipinski definition) is 3. The van der Waals surface area contributed by atoms with E-state index in [2.05, 4.69) is 98.4 Å². The molecule has 804 valence electrons. The number of hydrogen-bond acceptors (Lipinski definition) is 34. The van der Waals surface area contributed by atoms with E-state index in [1.165, 1.54) is 41.5 Å². The van der Waals surface area contributed by atoms with Crippen molar-refractivity contribution in [3.8, 4) is 0 Å². The molecule has 6 heterocycles. The largest absolute Gasteiger partial charge is 0.463 e. The Hall–Kier alpha value is -5.81. The van der Waals surface area contributed by atoms with Crippen LogP contribution in [-0.2, 0) is 157 Å². The summed E-state index contributed by atoms with van der Waals surface area (Å²) >= 11 is 22.4. The average molecular weight is 2100 g/mol. The summed E-state index contributed by atoms with van der Waals surface area (Å²) in [4.78, 5) is 154. The minimum atomic E-state index is -2.11. The number of ether oxygens (including phenoxy) is 18. The van der Waals surface area contributed by atoms with Crippen molar-refractivity contribution < 1.29 is 157 Å². The van der Waals surface area contributed by atoms with Gasteiger partial charge in [-0.25, -0.2) is 0 Å². The van der Waals surface area contributed by atoms with Gasteiger partial charge in [-0.15, -0.1) is 0 Å². The van der Waals surface area contributed by atoms with Gasteiger partial charge in [0.25, 0.3) is 3.79 Å². The number of carbonyl (C=O) groups is 9. The highest BCUT2D eigenvalue weighted by Crippen LogP contribution is 2.49. The lowest BCUT2D eigenvalue weighted by Gasteiger charge is -2.52. The molecule has 6 saturated heterocycles. The van der Waals surface area contributed by atoms with E-state index >= 15 is 0 Å². The Labute approximate surface area is 846 Å². The lowest BCUT2D eigenvalue weighted by molar-refractivity contribution is -0.356. The molecule has 36 nitrogen and oxygen atoms in total. The van der Waals surface area contributed by atoms with Crippen molar-refractivity contribution in [1.29, 1.82) is 5.41 Å². The molecule has 0 spiro atoms. The molecule has 0 aliphatic carbocycles. The van der Waals surface area contributed by atoms with Gasteiger partial charge >= 0.3 is 54.3 Å². The van der Waals surface area contributed by atoms with Crippen LogP contribution in [0, 0.1) is 82.3 Å². The first-order chi connectivity index (χ1) is 64.2. The molecule has 6 fully saturated rings. The molecule has 6 aliphatic rings. The van der Waals surface area contributed by atoms with Crippen LogP contribution in [-0.4, -0.2) is 252 Å². The number of nitrogens with one attached hydrogen (secondary N) is 3. The van der Waals surface area contributed by atoms with Crippen molar-refractivity contribution in [2.75, 3.05) is 33.0 Å². The van der Waals surface area contributed by atoms with Crippen LogP contribution >= 0.6 is 46.4 Å². The summed E-state index contributed by atoms with van der Waals surface area (Å²) in [6.07, 6.45) is -1.33. The number of alkyl halides is 3. The van der Waals surface area contributed by atoms with Gasteiger partial charge in [-0.1, -0.05) is 206 Å². The molecule has 0 aromatic carbocycles. The topological polar surface area (TPSA) is 470 Å². The highest BCUT2D eigenvalue weighted by Gasteiger charge is 2.57. The quantitative estimate of drug-likeness (QED) is 0.00983. The lowest BCUT2D eigenvalue weighted by atomic mass is 9.76. The Morgan fingerprint density at radius 1 is 0.417 bits per heavy atom. The molecule has 0 saturated carbocycles. The third-order valence-corrected chi connectivity index (χ3v) is 30.2. The SMILES string of the molecule is CCC(=O)Cl.CCC(=O)N[C@H]1C([C@H](C)[C@@H](CC)OC(C)=O)O[C@](C)(O[C@@H]2C(C)C(OC(=N)C(Cl)(Cl)Cl)OC(COC(C)=O)[C@@H]2C)C[C@H]1C.CCC(=O)N[C@H]1C([C@H](C)[C@@H](CC)OC(C)=O)O[C@](C)(O[C@@H]2C(C)[C@H](OCC[Si](C)(C)C)OC(COC(C)=O)[C@@H]2C)C[C@H]1C.CC[C@@H](OC(C)=O)[C@@H](C)C1O[C@](C)(O[C@@H]2C(C)[C@H](OCC[Si](C)(C)C)OC(COC(C)=O)[C@@H]2C)C[C@@H](C)[C@H]1C.O=C=O.O=C=O.O=C=O. The normalized spacial score (nSPS) is 32.2. The van der Waals surface area contributed by atoms with E-state index < -0.39 is 117 Å². The van der Waals surface area contributed by atoms with Gasteiger partial charge in [0.2, 0.25) is 29.2 Å². The van der Waals surface area contributed by atoms with Crippen LogP contribution in [0.3, 0.4) is 0 Å². The van der Waals surface area contributed by atoms with Gasteiger partial charge < -0.3 is 95.9 Å². The Bertz CT molecular complexity index is 3840. The fourth-order valence-electron chi connectivity index (χ4n) is 18.2. The molecule has 2 amide bonds. The fourth-order valence-corrected chi connectivity index (χ4v) is 19.8. The molecule has 3 N–H and O–H groups in total. The van der Waals surface area contributed by atoms with Crippen LogP contribution in [0.2, 0.25) is 51.4 Å². The highest BCUT2D eigenvalue weighted by molar-refractivity contribution is 6.77. The predicted molar refractivity (Wildman–Crippen MR) is 519 cm³/mol. The molecule has 42 heteroatoms. The van der Waals surface area contributed by atoms with Crippen LogP contribution in [0.15, 0.2) is 0 Å². The summed E-state index contributed by atoms with van der Waals surface area (Å²) in [7, 11) is -2.60. The summed E-state index contributed by atoms with van der Waals surface area (Å²) in [5, 5.41) is 14.1. The van der Waals surface area contributed by atoms with Gasteiger partial charge in [0, 0.05) is 163 Å². The lowest BCUT2D eigenvalue weighted by Crippen LogP contribution is -2.63. The van der Waals surface area contributed by atoms with E-state index in [-0.39, 0.29) is 193 Å². The zero-order chi connectivity index (χ0) is 108. The zero-order valence-corrected chi connectivity index (χ0v) is 93.6. The van der Waals surface area contributed by atoms with Crippen molar-refractivity contribution in [2.24, 2.45) is 76.9 Å². The second-order valence-corrected chi connectivity index (χ2v) is 54.3. The molecular formula is C97H167Cl4N3O33Si2. The molecular weight excluding hydrogens is 1930 g/mol. The van der Waals surface area contributed by atoms with Gasteiger partial charge in [0.15, 0.2) is 29.9 Å². The summed E-state index contributed by atoms with van der Waals surface area (Å²) < 4.78 is 109. The molecule has 6 rings (SSSR count). The average Bonchev–Trinajstić information content (AvgIpc) is 0.418. The predicted octanol–water partition coefficient (Wildman–Crippen LogP) is 16.1. The molecule has 10 unspecified atom stereocenters. The van der Waals surface area contributed by atoms with Gasteiger partial charge in [-0.3, -0.25) is 48.6 Å². The molecule has 33 atom stereocenters. The van der Waals surface area contributed by atoms with Gasteiger partial charge in [-0.2, -0.15) is 28.8 Å². The van der Waals surface area contributed by atoms with Crippen molar-refractivity contribution in [1.82, 2.24) is 10.6 Å².